The minimum atomic E-state index is -0.179. The van der Waals surface area contributed by atoms with E-state index in [-0.39, 0.29) is 18.4 Å². The normalized spacial score (nSPS) is 14.9. The SMILES string of the molecule is CC1CCN(C(=O)CNc2cccc(C(=O)NCc3ccco3)c2)CC1. The topological polar surface area (TPSA) is 74.6 Å². The second kappa shape index (κ2) is 8.56. The van der Waals surface area contributed by atoms with Crippen LogP contribution in [-0.2, 0) is 11.3 Å². The molecule has 1 aliphatic rings. The van der Waals surface area contributed by atoms with E-state index < -0.39 is 0 Å². The third-order valence-electron chi connectivity index (χ3n) is 4.71. The molecule has 6 nitrogen and oxygen atoms in total. The molecule has 2 aromatic rings. The quantitative estimate of drug-likeness (QED) is 0.836. The minimum absolute atomic E-state index is 0.101. The molecule has 1 aliphatic heterocycles. The van der Waals surface area contributed by atoms with Gasteiger partial charge in [0.1, 0.15) is 5.76 Å². The maximum absolute atomic E-state index is 12.3. The predicted octanol–water partition coefficient (Wildman–Crippen LogP) is 2.88. The summed E-state index contributed by atoms with van der Waals surface area (Å²) < 4.78 is 5.20. The van der Waals surface area contributed by atoms with E-state index in [2.05, 4.69) is 17.6 Å². The zero-order chi connectivity index (χ0) is 18.4. The largest absolute Gasteiger partial charge is 0.467 e. The van der Waals surface area contributed by atoms with Crippen molar-refractivity contribution in [3.8, 4) is 0 Å². The Labute approximate surface area is 153 Å². The lowest BCUT2D eigenvalue weighted by molar-refractivity contribution is -0.130. The molecule has 0 atom stereocenters. The molecule has 1 fully saturated rings. The highest BCUT2D eigenvalue weighted by atomic mass is 16.3. The number of carbonyl (C=O) groups excluding carboxylic acids is 2. The fraction of sp³-hybridized carbons (Fsp3) is 0.400. The van der Waals surface area contributed by atoms with Gasteiger partial charge < -0.3 is 20.0 Å². The number of nitrogens with zero attached hydrogens (tertiary/aromatic N) is 1. The number of anilines is 1. The minimum Gasteiger partial charge on any atom is -0.467 e. The predicted molar refractivity (Wildman–Crippen MR) is 99.8 cm³/mol. The summed E-state index contributed by atoms with van der Waals surface area (Å²) in [6.45, 7) is 4.47. The first-order chi connectivity index (χ1) is 12.6. The number of nitrogens with one attached hydrogen (secondary N) is 2. The zero-order valence-electron chi connectivity index (χ0n) is 15.0. The Kier molecular flexibility index (Phi) is 5.94. The van der Waals surface area contributed by atoms with Gasteiger partial charge >= 0.3 is 0 Å². The van der Waals surface area contributed by atoms with E-state index in [0.717, 1.165) is 31.6 Å². The molecule has 138 valence electrons. The van der Waals surface area contributed by atoms with E-state index in [0.29, 0.717) is 23.8 Å². The molecule has 1 aromatic heterocycles. The monoisotopic (exact) mass is 355 g/mol. The Hall–Kier alpha value is -2.76. The van der Waals surface area contributed by atoms with Gasteiger partial charge in [-0.25, -0.2) is 0 Å². The number of piperidine rings is 1. The number of carbonyl (C=O) groups is 2. The van der Waals surface area contributed by atoms with Gasteiger partial charge in [0.15, 0.2) is 0 Å². The average molecular weight is 355 g/mol. The molecule has 0 saturated carbocycles. The summed E-state index contributed by atoms with van der Waals surface area (Å²) >= 11 is 0. The van der Waals surface area contributed by atoms with Crippen molar-refractivity contribution in [1.29, 1.82) is 0 Å². The summed E-state index contributed by atoms with van der Waals surface area (Å²) in [5.74, 6) is 1.32. The molecule has 0 aliphatic carbocycles. The Bertz CT molecular complexity index is 735. The molecule has 0 unspecified atom stereocenters. The highest BCUT2D eigenvalue weighted by Gasteiger charge is 2.19. The standard InChI is InChI=1S/C20H25N3O3/c1-15-7-9-23(10-8-15)19(24)14-21-17-5-2-4-16(12-17)20(25)22-13-18-6-3-11-26-18/h2-6,11-12,15,21H,7-10,13-14H2,1H3,(H,22,25). The number of furan rings is 1. The smallest absolute Gasteiger partial charge is 0.251 e. The molecule has 2 amide bonds. The Morgan fingerprint density at radius 1 is 1.19 bits per heavy atom. The summed E-state index contributed by atoms with van der Waals surface area (Å²) in [4.78, 5) is 26.5. The van der Waals surface area contributed by atoms with E-state index in [1.165, 1.54) is 0 Å². The van der Waals surface area contributed by atoms with Crippen LogP contribution in [0.1, 0.15) is 35.9 Å². The van der Waals surface area contributed by atoms with Crippen LogP contribution in [0.2, 0.25) is 0 Å². The van der Waals surface area contributed by atoms with Gasteiger partial charge in [-0.05, 0) is 49.1 Å². The third-order valence-corrected chi connectivity index (χ3v) is 4.71. The van der Waals surface area contributed by atoms with Crippen molar-refractivity contribution >= 4 is 17.5 Å². The molecule has 1 aromatic carbocycles. The molecule has 1 saturated heterocycles. The van der Waals surface area contributed by atoms with E-state index >= 15 is 0 Å². The molecular weight excluding hydrogens is 330 g/mol. The first-order valence-corrected chi connectivity index (χ1v) is 9.04. The first kappa shape index (κ1) is 18.0. The van der Waals surface area contributed by atoms with Crippen LogP contribution in [0.4, 0.5) is 5.69 Å². The van der Waals surface area contributed by atoms with Gasteiger partial charge in [-0.2, -0.15) is 0 Å². The van der Waals surface area contributed by atoms with Crippen LogP contribution in [0.3, 0.4) is 0 Å². The fourth-order valence-electron chi connectivity index (χ4n) is 3.00. The van der Waals surface area contributed by atoms with E-state index in [1.54, 1.807) is 30.5 Å². The number of rotatable bonds is 6. The van der Waals surface area contributed by atoms with Crippen molar-refractivity contribution in [2.75, 3.05) is 25.0 Å². The summed E-state index contributed by atoms with van der Waals surface area (Å²) in [6, 6.07) is 10.8. The molecule has 0 bridgehead atoms. The average Bonchev–Trinajstić information content (AvgIpc) is 3.18. The first-order valence-electron chi connectivity index (χ1n) is 9.04. The van der Waals surface area contributed by atoms with Crippen LogP contribution in [0.25, 0.3) is 0 Å². The second-order valence-electron chi connectivity index (χ2n) is 6.76. The lowest BCUT2D eigenvalue weighted by atomic mass is 9.99. The number of benzene rings is 1. The van der Waals surface area contributed by atoms with E-state index in [9.17, 15) is 9.59 Å². The molecule has 6 heteroatoms. The Morgan fingerprint density at radius 3 is 2.73 bits per heavy atom. The van der Waals surface area contributed by atoms with Crippen molar-refractivity contribution in [2.24, 2.45) is 5.92 Å². The Morgan fingerprint density at radius 2 is 2.00 bits per heavy atom. The van der Waals surface area contributed by atoms with Gasteiger partial charge in [0.05, 0.1) is 19.4 Å². The number of hydrogen-bond donors (Lipinski definition) is 2. The van der Waals surface area contributed by atoms with Gasteiger partial charge in [0.2, 0.25) is 5.91 Å². The van der Waals surface area contributed by atoms with Crippen molar-refractivity contribution in [3.63, 3.8) is 0 Å². The van der Waals surface area contributed by atoms with Crippen LogP contribution in [0.15, 0.2) is 47.1 Å². The van der Waals surface area contributed by atoms with Crippen molar-refractivity contribution < 1.29 is 14.0 Å². The maximum atomic E-state index is 12.3. The van der Waals surface area contributed by atoms with Crippen LogP contribution in [0.5, 0.6) is 0 Å². The van der Waals surface area contributed by atoms with Gasteiger partial charge in [-0.1, -0.05) is 13.0 Å². The molecule has 3 rings (SSSR count). The lowest BCUT2D eigenvalue weighted by Gasteiger charge is -2.30. The highest BCUT2D eigenvalue weighted by Crippen LogP contribution is 2.16. The second-order valence-corrected chi connectivity index (χ2v) is 6.76. The van der Waals surface area contributed by atoms with E-state index in [1.807, 2.05) is 17.0 Å². The fourth-order valence-corrected chi connectivity index (χ4v) is 3.00. The zero-order valence-corrected chi connectivity index (χ0v) is 15.0. The van der Waals surface area contributed by atoms with E-state index in [4.69, 9.17) is 4.42 Å². The van der Waals surface area contributed by atoms with Crippen molar-refractivity contribution in [3.05, 3.63) is 54.0 Å². The van der Waals surface area contributed by atoms with Crippen LogP contribution in [-0.4, -0.2) is 36.3 Å². The summed E-state index contributed by atoms with van der Waals surface area (Å²) in [7, 11) is 0. The summed E-state index contributed by atoms with van der Waals surface area (Å²) in [5, 5.41) is 5.94. The number of amides is 2. The maximum Gasteiger partial charge on any atom is 0.251 e. The highest BCUT2D eigenvalue weighted by molar-refractivity contribution is 5.95. The number of likely N-dealkylation sites (tertiary alicyclic amines) is 1. The lowest BCUT2D eigenvalue weighted by Crippen LogP contribution is -2.40. The third kappa shape index (κ3) is 4.88. The van der Waals surface area contributed by atoms with Gasteiger partial charge in [-0.15, -0.1) is 0 Å². The van der Waals surface area contributed by atoms with Crippen LogP contribution >= 0.6 is 0 Å². The van der Waals surface area contributed by atoms with Crippen LogP contribution < -0.4 is 10.6 Å². The van der Waals surface area contributed by atoms with Gasteiger partial charge in [0.25, 0.3) is 5.91 Å². The van der Waals surface area contributed by atoms with Gasteiger partial charge in [0, 0.05) is 24.3 Å². The summed E-state index contributed by atoms with van der Waals surface area (Å²) in [6.07, 6.45) is 3.71. The molecular formula is C20H25N3O3. The van der Waals surface area contributed by atoms with Gasteiger partial charge in [-0.3, -0.25) is 9.59 Å². The number of hydrogen-bond acceptors (Lipinski definition) is 4. The van der Waals surface area contributed by atoms with Crippen molar-refractivity contribution in [2.45, 2.75) is 26.3 Å². The molecule has 2 N–H and O–H groups in total. The molecule has 26 heavy (non-hydrogen) atoms. The molecule has 0 radical (unpaired) electrons. The Balaban J connectivity index is 1.50. The molecule has 0 spiro atoms. The van der Waals surface area contributed by atoms with Crippen LogP contribution in [0, 0.1) is 5.92 Å². The van der Waals surface area contributed by atoms with Crippen molar-refractivity contribution in [1.82, 2.24) is 10.2 Å². The summed E-state index contributed by atoms with van der Waals surface area (Å²) in [5.41, 5.74) is 1.30. The molecule has 2 heterocycles.